The quantitative estimate of drug-likeness (QED) is 0.763. The van der Waals surface area contributed by atoms with Crippen LogP contribution in [0.4, 0.5) is 4.79 Å². The van der Waals surface area contributed by atoms with E-state index in [4.69, 9.17) is 0 Å². The van der Waals surface area contributed by atoms with E-state index >= 15 is 0 Å². The van der Waals surface area contributed by atoms with Crippen LogP contribution < -0.4 is 10.6 Å². The fourth-order valence-electron chi connectivity index (χ4n) is 3.85. The summed E-state index contributed by atoms with van der Waals surface area (Å²) in [4.78, 5) is 14.4. The van der Waals surface area contributed by atoms with Crippen LogP contribution in [0.5, 0.6) is 0 Å². The van der Waals surface area contributed by atoms with Crippen LogP contribution in [0.25, 0.3) is 4.91 Å². The summed E-state index contributed by atoms with van der Waals surface area (Å²) in [5.41, 5.74) is 3.56. The van der Waals surface area contributed by atoms with Gasteiger partial charge in [0.2, 0.25) is 0 Å². The number of sulfonamides is 1. The molecule has 2 aliphatic heterocycles. The molecule has 1 saturated heterocycles. The largest absolute Gasteiger partial charge is 0.356 e. The molecule has 0 spiro atoms. The van der Waals surface area contributed by atoms with Gasteiger partial charge < -0.3 is 15.5 Å². The van der Waals surface area contributed by atoms with Crippen LogP contribution in [0.15, 0.2) is 28.2 Å². The van der Waals surface area contributed by atoms with E-state index in [0.29, 0.717) is 35.0 Å². The summed E-state index contributed by atoms with van der Waals surface area (Å²) in [5, 5.41) is 5.94. The molecule has 1 aromatic carbocycles. The summed E-state index contributed by atoms with van der Waals surface area (Å²) < 4.78 is 29.8. The van der Waals surface area contributed by atoms with E-state index in [1.165, 1.54) is 0 Å². The monoisotopic (exact) mass is 432 g/mol. The van der Waals surface area contributed by atoms with Gasteiger partial charge in [0.1, 0.15) is 10.7 Å². The zero-order chi connectivity index (χ0) is 22.1. The first-order chi connectivity index (χ1) is 14.1. The molecule has 8 heteroatoms. The molecule has 0 bridgehead atoms. The minimum atomic E-state index is -3.72. The van der Waals surface area contributed by atoms with Gasteiger partial charge in [-0.2, -0.15) is 8.42 Å². The van der Waals surface area contributed by atoms with Crippen LogP contribution >= 0.6 is 0 Å². The van der Waals surface area contributed by atoms with Crippen molar-refractivity contribution in [3.63, 3.8) is 0 Å². The molecular weight excluding hydrogens is 400 g/mol. The number of amidine groups is 1. The van der Waals surface area contributed by atoms with E-state index < -0.39 is 10.0 Å². The lowest BCUT2D eigenvalue weighted by Crippen LogP contribution is -2.50. The van der Waals surface area contributed by atoms with Crippen molar-refractivity contribution >= 4 is 26.8 Å². The van der Waals surface area contributed by atoms with Crippen molar-refractivity contribution in [1.29, 1.82) is 0 Å². The van der Waals surface area contributed by atoms with Crippen LogP contribution in [0.1, 0.15) is 56.7 Å². The van der Waals surface area contributed by atoms with Gasteiger partial charge >= 0.3 is 6.03 Å². The second kappa shape index (κ2) is 8.79. The molecule has 7 nitrogen and oxygen atoms in total. The maximum Gasteiger partial charge on any atom is 0.315 e. The summed E-state index contributed by atoms with van der Waals surface area (Å²) in [6.45, 7) is 11.1. The Balaban J connectivity index is 1.71. The highest BCUT2D eigenvalue weighted by Crippen LogP contribution is 2.35. The Morgan fingerprint density at radius 1 is 1.20 bits per heavy atom. The average Bonchev–Trinajstić information content (AvgIpc) is 2.93. The molecule has 0 unspecified atom stereocenters. The maximum atomic E-state index is 12.8. The standard InChI is InChI=1S/C22H32N4O3S/c1-6-16(4)23-22(27)24-19-9-11-26(12-10-19)21-17(5)20(30(28,29)25-21)18-8-7-14(2)15(3)13-18/h7-8,13,16,19H,6,9-12H2,1-5H3,(H2,23,24,27)/t16-/m1/s1. The van der Waals surface area contributed by atoms with Gasteiger partial charge in [-0.15, -0.1) is 4.40 Å². The fraction of sp³-hybridized carbons (Fsp3) is 0.545. The number of rotatable bonds is 4. The number of urea groups is 1. The normalized spacial score (nSPS) is 20.2. The maximum absolute atomic E-state index is 12.8. The van der Waals surface area contributed by atoms with Crippen molar-refractivity contribution in [1.82, 2.24) is 15.5 Å². The number of nitrogens with zero attached hydrogens (tertiary/aromatic N) is 2. The van der Waals surface area contributed by atoms with E-state index in [2.05, 4.69) is 15.0 Å². The SMILES string of the molecule is CC[C@@H](C)NC(=O)NC1CCN(C2=NS(=O)(=O)C(c3ccc(C)c(C)c3)=C2C)CC1. The van der Waals surface area contributed by atoms with Gasteiger partial charge in [0.05, 0.1) is 0 Å². The second-order valence-electron chi connectivity index (χ2n) is 8.33. The zero-order valence-corrected chi connectivity index (χ0v) is 19.3. The Kier molecular flexibility index (Phi) is 6.55. The number of amides is 2. The van der Waals surface area contributed by atoms with E-state index in [0.717, 1.165) is 30.4 Å². The molecule has 0 radical (unpaired) electrons. The Morgan fingerprint density at radius 3 is 2.47 bits per heavy atom. The summed E-state index contributed by atoms with van der Waals surface area (Å²) in [5.74, 6) is 0.533. The Bertz CT molecular complexity index is 990. The highest BCUT2D eigenvalue weighted by molar-refractivity contribution is 8.00. The lowest BCUT2D eigenvalue weighted by molar-refractivity contribution is 0.223. The minimum Gasteiger partial charge on any atom is -0.356 e. The average molecular weight is 433 g/mol. The minimum absolute atomic E-state index is 0.0763. The molecule has 1 atom stereocenters. The molecule has 2 heterocycles. The van der Waals surface area contributed by atoms with Crippen molar-refractivity contribution in [2.75, 3.05) is 13.1 Å². The molecule has 1 aromatic rings. The number of benzene rings is 1. The summed E-state index contributed by atoms with van der Waals surface area (Å²) in [6.07, 6.45) is 2.38. The number of carbonyl (C=O) groups is 1. The van der Waals surface area contributed by atoms with Crippen molar-refractivity contribution in [2.24, 2.45) is 4.40 Å². The lowest BCUT2D eigenvalue weighted by atomic mass is 10.0. The Labute approximate surface area is 179 Å². The molecule has 0 saturated carbocycles. The Morgan fingerprint density at radius 2 is 1.87 bits per heavy atom. The molecule has 2 amide bonds. The number of carbonyl (C=O) groups excluding carboxylic acids is 1. The first-order valence-electron chi connectivity index (χ1n) is 10.6. The van der Waals surface area contributed by atoms with Gasteiger partial charge in [0, 0.05) is 30.7 Å². The topological polar surface area (TPSA) is 90.9 Å². The molecule has 0 aliphatic carbocycles. The summed E-state index contributed by atoms with van der Waals surface area (Å²) in [6, 6.07) is 5.78. The molecule has 3 rings (SSSR count). The number of hydrogen-bond acceptors (Lipinski definition) is 4. The van der Waals surface area contributed by atoms with Crippen LogP contribution in [-0.2, 0) is 10.0 Å². The zero-order valence-electron chi connectivity index (χ0n) is 18.4. The predicted molar refractivity (Wildman–Crippen MR) is 121 cm³/mol. The molecule has 2 aliphatic rings. The molecule has 1 fully saturated rings. The highest BCUT2D eigenvalue weighted by atomic mass is 32.2. The van der Waals surface area contributed by atoms with Crippen LogP contribution in [-0.4, -0.2) is 50.4 Å². The van der Waals surface area contributed by atoms with E-state index in [1.54, 1.807) is 0 Å². The summed E-state index contributed by atoms with van der Waals surface area (Å²) in [7, 11) is -3.72. The number of likely N-dealkylation sites (tertiary alicyclic amines) is 1. The first-order valence-corrected chi connectivity index (χ1v) is 12.0. The van der Waals surface area contributed by atoms with E-state index in [9.17, 15) is 13.2 Å². The van der Waals surface area contributed by atoms with Gasteiger partial charge in [0.25, 0.3) is 10.0 Å². The second-order valence-corrected chi connectivity index (χ2v) is 9.87. The third-order valence-corrected chi connectivity index (χ3v) is 7.50. The van der Waals surface area contributed by atoms with Crippen molar-refractivity contribution in [2.45, 2.75) is 66.0 Å². The first kappa shape index (κ1) is 22.3. The third kappa shape index (κ3) is 4.69. The smallest absolute Gasteiger partial charge is 0.315 e. The van der Waals surface area contributed by atoms with Crippen LogP contribution in [0.2, 0.25) is 0 Å². The van der Waals surface area contributed by atoms with Crippen molar-refractivity contribution < 1.29 is 13.2 Å². The predicted octanol–water partition coefficient (Wildman–Crippen LogP) is 3.34. The molecular formula is C22H32N4O3S. The molecule has 164 valence electrons. The van der Waals surface area contributed by atoms with E-state index in [1.807, 2.05) is 57.7 Å². The number of nitrogens with one attached hydrogen (secondary N) is 2. The van der Waals surface area contributed by atoms with Gasteiger partial charge in [-0.3, -0.25) is 0 Å². The number of hydrogen-bond donors (Lipinski definition) is 2. The number of aryl methyl sites for hydroxylation is 2. The summed E-state index contributed by atoms with van der Waals surface area (Å²) >= 11 is 0. The van der Waals surface area contributed by atoms with Crippen LogP contribution in [0.3, 0.4) is 0 Å². The molecule has 30 heavy (non-hydrogen) atoms. The molecule has 2 N–H and O–H groups in total. The van der Waals surface area contributed by atoms with Gasteiger partial charge in [-0.25, -0.2) is 4.79 Å². The van der Waals surface area contributed by atoms with Gasteiger partial charge in [0.15, 0.2) is 0 Å². The van der Waals surface area contributed by atoms with Gasteiger partial charge in [-0.05, 0) is 63.6 Å². The highest BCUT2D eigenvalue weighted by Gasteiger charge is 2.35. The van der Waals surface area contributed by atoms with Crippen molar-refractivity contribution in [3.05, 3.63) is 40.5 Å². The third-order valence-electron chi connectivity index (χ3n) is 6.03. The van der Waals surface area contributed by atoms with Crippen LogP contribution in [0, 0.1) is 13.8 Å². The Hall–Kier alpha value is -2.35. The fourth-order valence-corrected chi connectivity index (χ4v) is 5.33. The number of piperidine rings is 1. The van der Waals surface area contributed by atoms with Crippen molar-refractivity contribution in [3.8, 4) is 0 Å². The van der Waals surface area contributed by atoms with Gasteiger partial charge in [-0.1, -0.05) is 25.1 Å². The molecule has 0 aromatic heterocycles. The van der Waals surface area contributed by atoms with E-state index in [-0.39, 0.29) is 18.1 Å². The lowest BCUT2D eigenvalue weighted by Gasteiger charge is -2.34.